The molecule has 3 N–H and O–H groups in total. The molecule has 1 amide bonds. The molecule has 1 atom stereocenters. The topological polar surface area (TPSA) is 68.8 Å². The predicted octanol–water partition coefficient (Wildman–Crippen LogP) is 1.85. The van der Waals surface area contributed by atoms with Crippen molar-refractivity contribution in [1.82, 2.24) is 20.9 Å². The first-order valence-electron chi connectivity index (χ1n) is 8.91. The van der Waals surface area contributed by atoms with E-state index >= 15 is 0 Å². The lowest BCUT2D eigenvalue weighted by atomic mass is 10.2. The quantitative estimate of drug-likeness (QED) is 0.302. The summed E-state index contributed by atoms with van der Waals surface area (Å²) in [6.07, 6.45) is 1.28. The van der Waals surface area contributed by atoms with Crippen molar-refractivity contribution in [3.63, 3.8) is 0 Å². The second kappa shape index (κ2) is 11.2. The zero-order chi connectivity index (χ0) is 18.3. The Labute approximate surface area is 169 Å². The lowest BCUT2D eigenvalue weighted by Gasteiger charge is -2.20. The van der Waals surface area contributed by atoms with Gasteiger partial charge in [-0.1, -0.05) is 12.8 Å². The molecule has 2 rings (SSSR count). The summed E-state index contributed by atoms with van der Waals surface area (Å²) in [5.41, 5.74) is 0. The lowest BCUT2D eigenvalue weighted by Crippen LogP contribution is -2.46. The number of halogens is 4. The zero-order valence-corrected chi connectivity index (χ0v) is 17.4. The number of carbonyl (C=O) groups excluding carboxylic acids is 1. The van der Waals surface area contributed by atoms with E-state index in [0.717, 1.165) is 12.8 Å². The average Bonchev–Trinajstić information content (AvgIpc) is 3.16. The molecule has 0 aromatic carbocycles. The molecular weight excluding hydrogens is 462 g/mol. The summed E-state index contributed by atoms with van der Waals surface area (Å²) in [7, 11) is 1.61. The monoisotopic (exact) mass is 491 g/mol. The molecule has 0 aromatic rings. The molecule has 0 spiro atoms. The van der Waals surface area contributed by atoms with E-state index in [9.17, 15) is 18.0 Å². The van der Waals surface area contributed by atoms with Crippen molar-refractivity contribution in [1.29, 1.82) is 0 Å². The number of aliphatic imine (C=N–C) groups is 1. The number of nitrogens with one attached hydrogen (secondary N) is 3. The fourth-order valence-corrected chi connectivity index (χ4v) is 3.40. The molecule has 0 aromatic heterocycles. The van der Waals surface area contributed by atoms with Crippen LogP contribution in [0.3, 0.4) is 0 Å². The Hall–Kier alpha value is -0.780. The Morgan fingerprint density at radius 3 is 2.46 bits per heavy atom. The third-order valence-electron chi connectivity index (χ3n) is 4.60. The van der Waals surface area contributed by atoms with Gasteiger partial charge in [-0.05, 0) is 19.3 Å². The maximum Gasteiger partial charge on any atom is 0.401 e. The molecule has 1 aliphatic carbocycles. The van der Waals surface area contributed by atoms with Crippen LogP contribution in [0.25, 0.3) is 0 Å². The summed E-state index contributed by atoms with van der Waals surface area (Å²) >= 11 is 0. The highest BCUT2D eigenvalue weighted by Gasteiger charge is 2.34. The van der Waals surface area contributed by atoms with Gasteiger partial charge in [-0.15, -0.1) is 24.0 Å². The zero-order valence-electron chi connectivity index (χ0n) is 15.1. The normalized spacial score (nSPS) is 22.2. The number of nitrogens with zero attached hydrogens (tertiary/aromatic N) is 2. The van der Waals surface area contributed by atoms with Crippen LogP contribution in [0.5, 0.6) is 0 Å². The van der Waals surface area contributed by atoms with Gasteiger partial charge in [-0.25, -0.2) is 0 Å². The SMILES string of the molecule is CN=C(NCCC(=O)NC1CCCC1)NC1CCN(CC(F)(F)F)C1.I. The minimum absolute atomic E-state index is 0. The smallest absolute Gasteiger partial charge is 0.356 e. The first-order chi connectivity index (χ1) is 11.9. The maximum atomic E-state index is 12.4. The first kappa shape index (κ1) is 23.3. The van der Waals surface area contributed by atoms with Crippen LogP contribution in [0.2, 0.25) is 0 Å². The number of alkyl halides is 3. The molecule has 0 bridgehead atoms. The minimum atomic E-state index is -4.17. The largest absolute Gasteiger partial charge is 0.401 e. The molecule has 1 unspecified atom stereocenters. The Kier molecular flexibility index (Phi) is 9.98. The highest BCUT2D eigenvalue weighted by Crippen LogP contribution is 2.20. The van der Waals surface area contributed by atoms with Crippen molar-refractivity contribution < 1.29 is 18.0 Å². The summed E-state index contributed by atoms with van der Waals surface area (Å²) in [6.45, 7) is 0.316. The van der Waals surface area contributed by atoms with Gasteiger partial charge in [-0.2, -0.15) is 13.2 Å². The summed E-state index contributed by atoms with van der Waals surface area (Å²) < 4.78 is 37.2. The molecule has 0 radical (unpaired) electrons. The second-order valence-electron chi connectivity index (χ2n) is 6.78. The van der Waals surface area contributed by atoms with Crippen molar-refractivity contribution in [2.75, 3.05) is 33.2 Å². The molecule has 1 aliphatic heterocycles. The summed E-state index contributed by atoms with van der Waals surface area (Å²) in [6, 6.07) is 0.240. The lowest BCUT2D eigenvalue weighted by molar-refractivity contribution is -0.143. The number of likely N-dealkylation sites (tertiary alicyclic amines) is 1. The van der Waals surface area contributed by atoms with Crippen LogP contribution in [-0.2, 0) is 4.79 Å². The van der Waals surface area contributed by atoms with Crippen molar-refractivity contribution in [3.8, 4) is 0 Å². The van der Waals surface area contributed by atoms with Gasteiger partial charge < -0.3 is 16.0 Å². The first-order valence-corrected chi connectivity index (χ1v) is 8.91. The summed E-state index contributed by atoms with van der Waals surface area (Å²) in [5.74, 6) is 0.541. The van der Waals surface area contributed by atoms with Crippen molar-refractivity contribution >= 4 is 35.8 Å². The van der Waals surface area contributed by atoms with Gasteiger partial charge in [0.05, 0.1) is 6.54 Å². The number of carbonyl (C=O) groups is 1. The van der Waals surface area contributed by atoms with E-state index in [4.69, 9.17) is 0 Å². The Morgan fingerprint density at radius 2 is 1.85 bits per heavy atom. The fraction of sp³-hybridized carbons (Fsp3) is 0.875. The molecule has 152 valence electrons. The Balaban J connectivity index is 0.00000338. The van der Waals surface area contributed by atoms with Gasteiger partial charge in [0, 0.05) is 45.2 Å². The van der Waals surface area contributed by atoms with Crippen LogP contribution >= 0.6 is 24.0 Å². The maximum absolute atomic E-state index is 12.4. The standard InChI is InChI=1S/C16H28F3N5O.HI/c1-20-15(21-8-6-14(25)22-12-4-2-3-5-12)23-13-7-9-24(10-13)11-16(17,18)19;/h12-13H,2-11H2,1H3,(H,22,25)(H2,20,21,23);1H. The third-order valence-corrected chi connectivity index (χ3v) is 4.60. The highest BCUT2D eigenvalue weighted by atomic mass is 127. The van der Waals surface area contributed by atoms with E-state index < -0.39 is 12.7 Å². The van der Waals surface area contributed by atoms with Gasteiger partial charge in [0.25, 0.3) is 0 Å². The van der Waals surface area contributed by atoms with Crippen LogP contribution in [0.1, 0.15) is 38.5 Å². The van der Waals surface area contributed by atoms with Crippen LogP contribution < -0.4 is 16.0 Å². The van der Waals surface area contributed by atoms with Gasteiger partial charge in [0.2, 0.25) is 5.91 Å². The van der Waals surface area contributed by atoms with E-state index in [1.807, 2.05) is 0 Å². The van der Waals surface area contributed by atoms with Crippen LogP contribution in [-0.4, -0.2) is 68.3 Å². The number of hydrogen-bond donors (Lipinski definition) is 3. The molecule has 10 heteroatoms. The number of hydrogen-bond acceptors (Lipinski definition) is 3. The van der Waals surface area contributed by atoms with Gasteiger partial charge >= 0.3 is 6.18 Å². The third kappa shape index (κ3) is 8.74. The van der Waals surface area contributed by atoms with Crippen molar-refractivity contribution in [2.24, 2.45) is 4.99 Å². The molecule has 2 aliphatic rings. The number of guanidine groups is 1. The molecule has 1 saturated carbocycles. The number of rotatable bonds is 6. The summed E-state index contributed by atoms with van der Waals surface area (Å²) in [4.78, 5) is 17.3. The number of amides is 1. The fourth-order valence-electron chi connectivity index (χ4n) is 3.40. The van der Waals surface area contributed by atoms with Crippen LogP contribution in [0.4, 0.5) is 13.2 Å². The van der Waals surface area contributed by atoms with Gasteiger partial charge in [-0.3, -0.25) is 14.7 Å². The second-order valence-corrected chi connectivity index (χ2v) is 6.78. The highest BCUT2D eigenvalue weighted by molar-refractivity contribution is 14.0. The van der Waals surface area contributed by atoms with Crippen molar-refractivity contribution in [3.05, 3.63) is 0 Å². The molecule has 2 fully saturated rings. The van der Waals surface area contributed by atoms with E-state index in [0.29, 0.717) is 44.5 Å². The molecule has 1 saturated heterocycles. The Bertz CT molecular complexity index is 469. The van der Waals surface area contributed by atoms with Gasteiger partial charge in [0.1, 0.15) is 0 Å². The van der Waals surface area contributed by atoms with E-state index in [1.165, 1.54) is 17.7 Å². The Morgan fingerprint density at radius 1 is 1.15 bits per heavy atom. The average molecular weight is 491 g/mol. The molecule has 1 heterocycles. The molecular formula is C16H29F3IN5O. The summed E-state index contributed by atoms with van der Waals surface area (Å²) in [5, 5.41) is 9.20. The van der Waals surface area contributed by atoms with Crippen molar-refractivity contribution in [2.45, 2.75) is 56.8 Å². The van der Waals surface area contributed by atoms with Crippen LogP contribution in [0, 0.1) is 0 Å². The van der Waals surface area contributed by atoms with Gasteiger partial charge in [0.15, 0.2) is 5.96 Å². The predicted molar refractivity (Wildman–Crippen MR) is 106 cm³/mol. The van der Waals surface area contributed by atoms with E-state index in [-0.39, 0.29) is 35.9 Å². The minimum Gasteiger partial charge on any atom is -0.356 e. The van der Waals surface area contributed by atoms with E-state index in [2.05, 4.69) is 20.9 Å². The van der Waals surface area contributed by atoms with Crippen LogP contribution in [0.15, 0.2) is 4.99 Å². The van der Waals surface area contributed by atoms with E-state index in [1.54, 1.807) is 7.05 Å². The molecule has 26 heavy (non-hydrogen) atoms. The molecule has 6 nitrogen and oxygen atoms in total.